The lowest BCUT2D eigenvalue weighted by molar-refractivity contribution is -0.134. The lowest BCUT2D eigenvalue weighted by atomic mass is 9.87. The maximum Gasteiger partial charge on any atom is 0.325 e. The van der Waals surface area contributed by atoms with Crippen molar-refractivity contribution in [2.45, 2.75) is 25.4 Å². The van der Waals surface area contributed by atoms with E-state index in [0.29, 0.717) is 17.7 Å². The van der Waals surface area contributed by atoms with E-state index in [9.17, 15) is 19.2 Å². The fourth-order valence-corrected chi connectivity index (χ4v) is 3.93. The van der Waals surface area contributed by atoms with Crippen LogP contribution in [-0.4, -0.2) is 35.2 Å². The first-order chi connectivity index (χ1) is 16.4. The number of benzene rings is 2. The Balaban J connectivity index is 1.45. The molecule has 1 aliphatic rings. The number of nitrogens with one attached hydrogen (secondary N) is 3. The number of rotatable bonds is 8. The molecule has 1 saturated heterocycles. The normalized spacial score (nSPS) is 17.4. The van der Waals surface area contributed by atoms with E-state index in [1.807, 2.05) is 6.07 Å². The van der Waals surface area contributed by atoms with Crippen molar-refractivity contribution < 1.29 is 23.6 Å². The number of urea groups is 1. The van der Waals surface area contributed by atoms with Crippen molar-refractivity contribution in [3.63, 3.8) is 0 Å². The Labute approximate surface area is 196 Å². The minimum absolute atomic E-state index is 0.190. The quantitative estimate of drug-likeness (QED) is 0.446. The van der Waals surface area contributed by atoms with E-state index in [1.165, 1.54) is 6.26 Å². The zero-order chi connectivity index (χ0) is 24.1. The third-order valence-electron chi connectivity index (χ3n) is 5.72. The van der Waals surface area contributed by atoms with E-state index in [-0.39, 0.29) is 17.8 Å². The molecule has 1 fully saturated rings. The number of para-hydroxylation sites is 1. The van der Waals surface area contributed by atoms with Gasteiger partial charge in [0.2, 0.25) is 5.91 Å². The van der Waals surface area contributed by atoms with Gasteiger partial charge in [0.25, 0.3) is 11.8 Å². The molecule has 0 spiro atoms. The van der Waals surface area contributed by atoms with E-state index in [2.05, 4.69) is 16.0 Å². The van der Waals surface area contributed by atoms with Crippen molar-refractivity contribution in [1.82, 2.24) is 15.5 Å². The van der Waals surface area contributed by atoms with E-state index >= 15 is 0 Å². The Kier molecular flexibility index (Phi) is 6.44. The number of nitrogens with zero attached hydrogens (tertiary/aromatic N) is 1. The third kappa shape index (κ3) is 4.40. The van der Waals surface area contributed by atoms with Crippen molar-refractivity contribution in [3.8, 4) is 0 Å². The number of carbonyl (C=O) groups is 4. The lowest BCUT2D eigenvalue weighted by Gasteiger charge is -2.25. The molecule has 3 aromatic rings. The second-order valence-electron chi connectivity index (χ2n) is 7.80. The molecular weight excluding hydrogens is 436 g/mol. The Morgan fingerprint density at radius 2 is 1.74 bits per heavy atom. The second kappa shape index (κ2) is 9.62. The summed E-state index contributed by atoms with van der Waals surface area (Å²) in [5.41, 5.74) is -0.0622. The topological polar surface area (TPSA) is 121 Å². The van der Waals surface area contributed by atoms with Crippen LogP contribution in [0.4, 0.5) is 10.5 Å². The SMILES string of the molecule is CC[C@]1(c2ccccc2)NC(=O)N(CC(=O)Nc2ccccc2C(=O)NCc2ccco2)C1=O. The Bertz CT molecular complexity index is 1210. The molecule has 0 aliphatic carbocycles. The summed E-state index contributed by atoms with van der Waals surface area (Å²) < 4.78 is 5.21. The molecule has 34 heavy (non-hydrogen) atoms. The summed E-state index contributed by atoms with van der Waals surface area (Å²) >= 11 is 0. The molecule has 1 atom stereocenters. The van der Waals surface area contributed by atoms with Gasteiger partial charge in [-0.2, -0.15) is 0 Å². The van der Waals surface area contributed by atoms with Crippen molar-refractivity contribution in [1.29, 1.82) is 0 Å². The minimum Gasteiger partial charge on any atom is -0.467 e. The first kappa shape index (κ1) is 22.8. The summed E-state index contributed by atoms with van der Waals surface area (Å²) in [6, 6.07) is 18.2. The van der Waals surface area contributed by atoms with Gasteiger partial charge in [-0.25, -0.2) is 4.79 Å². The van der Waals surface area contributed by atoms with Crippen LogP contribution in [0, 0.1) is 0 Å². The van der Waals surface area contributed by atoms with Gasteiger partial charge in [-0.1, -0.05) is 49.4 Å². The molecule has 1 aliphatic heterocycles. The van der Waals surface area contributed by atoms with Gasteiger partial charge in [0.1, 0.15) is 17.8 Å². The van der Waals surface area contributed by atoms with E-state index in [0.717, 1.165) is 4.90 Å². The smallest absolute Gasteiger partial charge is 0.325 e. The fourth-order valence-electron chi connectivity index (χ4n) is 3.93. The molecule has 5 amide bonds. The van der Waals surface area contributed by atoms with Gasteiger partial charge in [-0.3, -0.25) is 19.3 Å². The van der Waals surface area contributed by atoms with Gasteiger partial charge in [0.15, 0.2) is 0 Å². The monoisotopic (exact) mass is 460 g/mol. The van der Waals surface area contributed by atoms with Crippen LogP contribution in [0.5, 0.6) is 0 Å². The van der Waals surface area contributed by atoms with E-state index in [4.69, 9.17) is 4.42 Å². The lowest BCUT2D eigenvalue weighted by Crippen LogP contribution is -2.44. The van der Waals surface area contributed by atoms with Crippen LogP contribution in [0.1, 0.15) is 35.0 Å². The van der Waals surface area contributed by atoms with E-state index in [1.54, 1.807) is 67.6 Å². The maximum atomic E-state index is 13.2. The summed E-state index contributed by atoms with van der Waals surface area (Å²) in [7, 11) is 0. The highest BCUT2D eigenvalue weighted by atomic mass is 16.3. The summed E-state index contributed by atoms with van der Waals surface area (Å²) in [6.45, 7) is 1.50. The summed E-state index contributed by atoms with van der Waals surface area (Å²) in [5, 5.41) is 8.11. The predicted octanol–water partition coefficient (Wildman–Crippen LogP) is 3.01. The number of carbonyl (C=O) groups excluding carboxylic acids is 4. The van der Waals surface area contributed by atoms with Crippen LogP contribution in [0.25, 0.3) is 0 Å². The molecule has 9 heteroatoms. The average Bonchev–Trinajstić information content (AvgIpc) is 3.46. The van der Waals surface area contributed by atoms with Crippen LogP contribution in [-0.2, 0) is 21.7 Å². The Morgan fingerprint density at radius 1 is 1.00 bits per heavy atom. The van der Waals surface area contributed by atoms with Gasteiger partial charge >= 0.3 is 6.03 Å². The van der Waals surface area contributed by atoms with Crippen molar-refractivity contribution in [3.05, 3.63) is 89.9 Å². The molecule has 3 N–H and O–H groups in total. The van der Waals surface area contributed by atoms with Gasteiger partial charge in [0, 0.05) is 0 Å². The van der Waals surface area contributed by atoms with Crippen LogP contribution < -0.4 is 16.0 Å². The van der Waals surface area contributed by atoms with Crippen LogP contribution >= 0.6 is 0 Å². The van der Waals surface area contributed by atoms with Crippen molar-refractivity contribution >= 4 is 29.4 Å². The summed E-state index contributed by atoms with van der Waals surface area (Å²) in [4.78, 5) is 52.2. The molecule has 0 saturated carbocycles. The van der Waals surface area contributed by atoms with Gasteiger partial charge < -0.3 is 20.4 Å². The molecule has 4 rings (SSSR count). The molecule has 0 bridgehead atoms. The molecular formula is C25H24N4O5. The number of anilines is 1. The molecule has 0 radical (unpaired) electrons. The second-order valence-corrected chi connectivity index (χ2v) is 7.80. The zero-order valence-electron chi connectivity index (χ0n) is 18.5. The molecule has 2 aromatic carbocycles. The summed E-state index contributed by atoms with van der Waals surface area (Å²) in [5.74, 6) is -0.914. The average molecular weight is 460 g/mol. The Hall–Kier alpha value is -4.40. The predicted molar refractivity (Wildman–Crippen MR) is 124 cm³/mol. The minimum atomic E-state index is -1.22. The third-order valence-corrected chi connectivity index (χ3v) is 5.72. The van der Waals surface area contributed by atoms with Crippen LogP contribution in [0.2, 0.25) is 0 Å². The fraction of sp³-hybridized carbons (Fsp3) is 0.200. The number of hydrogen-bond donors (Lipinski definition) is 3. The molecule has 1 aromatic heterocycles. The Morgan fingerprint density at radius 3 is 2.44 bits per heavy atom. The number of furan rings is 1. The largest absolute Gasteiger partial charge is 0.467 e. The number of amides is 5. The molecule has 0 unspecified atom stereocenters. The number of imide groups is 1. The zero-order valence-corrected chi connectivity index (χ0v) is 18.5. The first-order valence-corrected chi connectivity index (χ1v) is 10.8. The van der Waals surface area contributed by atoms with Crippen LogP contribution in [0.3, 0.4) is 0 Å². The first-order valence-electron chi connectivity index (χ1n) is 10.8. The summed E-state index contributed by atoms with van der Waals surface area (Å²) in [6.07, 6.45) is 1.84. The highest BCUT2D eigenvalue weighted by molar-refractivity contribution is 6.11. The highest BCUT2D eigenvalue weighted by Crippen LogP contribution is 2.32. The molecule has 2 heterocycles. The standard InChI is InChI=1S/C25H24N4O5/c1-2-25(17-9-4-3-5-10-17)23(32)29(24(33)28-25)16-21(30)27-20-13-7-6-12-19(20)22(31)26-15-18-11-8-14-34-18/h3-14H,2,15-16H2,1H3,(H,26,31)(H,27,30)(H,28,33)/t25-/m1/s1. The van der Waals surface area contributed by atoms with E-state index < -0.39 is 35.8 Å². The van der Waals surface area contributed by atoms with Gasteiger partial charge in [-0.05, 0) is 36.2 Å². The maximum absolute atomic E-state index is 13.2. The number of hydrogen-bond acceptors (Lipinski definition) is 5. The van der Waals surface area contributed by atoms with Crippen molar-refractivity contribution in [2.75, 3.05) is 11.9 Å². The van der Waals surface area contributed by atoms with Gasteiger partial charge in [0.05, 0.1) is 24.1 Å². The van der Waals surface area contributed by atoms with Crippen molar-refractivity contribution in [2.24, 2.45) is 0 Å². The molecule has 174 valence electrons. The van der Waals surface area contributed by atoms with Gasteiger partial charge in [-0.15, -0.1) is 0 Å². The molecule has 9 nitrogen and oxygen atoms in total. The highest BCUT2D eigenvalue weighted by Gasteiger charge is 2.51. The van der Waals surface area contributed by atoms with Crippen LogP contribution in [0.15, 0.2) is 77.4 Å².